The second-order valence-electron chi connectivity index (χ2n) is 6.93. The van der Waals surface area contributed by atoms with E-state index in [1.54, 1.807) is 0 Å². The highest BCUT2D eigenvalue weighted by molar-refractivity contribution is 5.58. The summed E-state index contributed by atoms with van der Waals surface area (Å²) in [6, 6.07) is 8.13. The van der Waals surface area contributed by atoms with Crippen molar-refractivity contribution in [1.82, 2.24) is 5.32 Å². The molecule has 1 aliphatic carbocycles. The highest BCUT2D eigenvalue weighted by atomic mass is 16.7. The number of aliphatic hydroxyl groups is 1. The average molecular weight is 339 g/mol. The van der Waals surface area contributed by atoms with Gasteiger partial charge >= 0.3 is 0 Å². The van der Waals surface area contributed by atoms with Gasteiger partial charge in [0.2, 0.25) is 13.6 Å². The van der Waals surface area contributed by atoms with Crippen molar-refractivity contribution in [3.63, 3.8) is 0 Å². The van der Waals surface area contributed by atoms with Crippen molar-refractivity contribution in [3.8, 4) is 23.0 Å². The standard InChI is InChI=1S/C19H17NO5/c21-13-3-9-4-15-16(24-7-23-15)5-11(9)18-17(13)10-1-2-14-19(25-8-22-14)12(10)6-20-18/h1-2,4-5,13,17-18,20-21H,3,6-8H2/t13-,17-,18+/m0/s1. The number of nitrogens with one attached hydrogen (secondary N) is 1. The molecule has 3 aliphatic heterocycles. The van der Waals surface area contributed by atoms with Gasteiger partial charge in [0.25, 0.3) is 0 Å². The van der Waals surface area contributed by atoms with Crippen LogP contribution in [0.15, 0.2) is 24.3 Å². The highest BCUT2D eigenvalue weighted by Crippen LogP contribution is 2.51. The average Bonchev–Trinajstić information content (AvgIpc) is 3.28. The van der Waals surface area contributed by atoms with E-state index >= 15 is 0 Å². The first kappa shape index (κ1) is 13.8. The molecule has 6 heteroatoms. The second-order valence-corrected chi connectivity index (χ2v) is 6.93. The molecule has 0 saturated carbocycles. The number of rotatable bonds is 0. The Morgan fingerprint density at radius 2 is 1.72 bits per heavy atom. The molecule has 0 radical (unpaired) electrons. The molecule has 0 saturated heterocycles. The van der Waals surface area contributed by atoms with E-state index < -0.39 is 6.10 Å². The Balaban J connectivity index is 1.50. The van der Waals surface area contributed by atoms with Crippen LogP contribution in [0.2, 0.25) is 0 Å². The fraction of sp³-hybridized carbons (Fsp3) is 0.368. The summed E-state index contributed by atoms with van der Waals surface area (Å²) < 4.78 is 22.2. The molecule has 6 rings (SSSR count). The van der Waals surface area contributed by atoms with Gasteiger partial charge in [-0.05, 0) is 41.3 Å². The zero-order valence-electron chi connectivity index (χ0n) is 13.5. The van der Waals surface area contributed by atoms with E-state index in [4.69, 9.17) is 18.9 Å². The summed E-state index contributed by atoms with van der Waals surface area (Å²) in [6.45, 7) is 1.20. The molecule has 2 aromatic rings. The minimum atomic E-state index is -0.468. The predicted molar refractivity (Wildman–Crippen MR) is 87.2 cm³/mol. The topological polar surface area (TPSA) is 69.2 Å². The lowest BCUT2D eigenvalue weighted by molar-refractivity contribution is 0.107. The van der Waals surface area contributed by atoms with Crippen LogP contribution in [0.1, 0.15) is 34.2 Å². The van der Waals surface area contributed by atoms with Crippen LogP contribution in [-0.2, 0) is 13.0 Å². The Labute approximate surface area is 144 Å². The molecule has 3 atom stereocenters. The normalized spacial score (nSPS) is 27.5. The van der Waals surface area contributed by atoms with E-state index in [2.05, 4.69) is 17.4 Å². The summed E-state index contributed by atoms with van der Waals surface area (Å²) in [6.07, 6.45) is 0.132. The van der Waals surface area contributed by atoms with Gasteiger partial charge in [0, 0.05) is 24.1 Å². The molecular formula is C19H17NO5. The van der Waals surface area contributed by atoms with Gasteiger partial charge in [-0.1, -0.05) is 6.07 Å². The highest BCUT2D eigenvalue weighted by Gasteiger charge is 2.42. The summed E-state index contributed by atoms with van der Waals surface area (Å²) in [5.74, 6) is 3.13. The predicted octanol–water partition coefficient (Wildman–Crippen LogP) is 1.99. The maximum Gasteiger partial charge on any atom is 0.231 e. The van der Waals surface area contributed by atoms with Crippen molar-refractivity contribution in [1.29, 1.82) is 0 Å². The lowest BCUT2D eigenvalue weighted by Gasteiger charge is -2.42. The molecule has 2 aromatic carbocycles. The largest absolute Gasteiger partial charge is 0.454 e. The van der Waals surface area contributed by atoms with Crippen molar-refractivity contribution in [2.45, 2.75) is 31.0 Å². The Morgan fingerprint density at radius 1 is 0.920 bits per heavy atom. The van der Waals surface area contributed by atoms with Gasteiger partial charge in [-0.15, -0.1) is 0 Å². The van der Waals surface area contributed by atoms with Gasteiger partial charge in [0.05, 0.1) is 6.10 Å². The minimum Gasteiger partial charge on any atom is -0.454 e. The van der Waals surface area contributed by atoms with Crippen LogP contribution in [0.5, 0.6) is 23.0 Å². The Morgan fingerprint density at radius 3 is 2.64 bits per heavy atom. The third kappa shape index (κ3) is 1.81. The van der Waals surface area contributed by atoms with Crippen molar-refractivity contribution in [3.05, 3.63) is 46.5 Å². The van der Waals surface area contributed by atoms with E-state index in [1.165, 1.54) is 5.56 Å². The molecule has 0 bridgehead atoms. The molecular weight excluding hydrogens is 322 g/mol. The van der Waals surface area contributed by atoms with E-state index in [0.717, 1.165) is 39.7 Å². The van der Waals surface area contributed by atoms with Gasteiger partial charge in [0.1, 0.15) is 0 Å². The summed E-state index contributed by atoms with van der Waals surface area (Å²) in [5, 5.41) is 14.5. The van der Waals surface area contributed by atoms with Gasteiger partial charge in [-0.25, -0.2) is 0 Å². The van der Waals surface area contributed by atoms with Gasteiger partial charge in [-0.3, -0.25) is 0 Å². The maximum atomic E-state index is 10.9. The first-order chi connectivity index (χ1) is 12.3. The van der Waals surface area contributed by atoms with Gasteiger partial charge < -0.3 is 29.4 Å². The summed E-state index contributed by atoms with van der Waals surface area (Å²) >= 11 is 0. The number of ether oxygens (including phenoxy) is 4. The van der Waals surface area contributed by atoms with E-state index in [1.807, 2.05) is 12.1 Å². The van der Waals surface area contributed by atoms with E-state index in [-0.39, 0.29) is 25.5 Å². The Hall–Kier alpha value is -2.44. The van der Waals surface area contributed by atoms with Crippen LogP contribution in [0.4, 0.5) is 0 Å². The first-order valence-corrected chi connectivity index (χ1v) is 8.55. The Bertz CT molecular complexity index is 896. The summed E-state index contributed by atoms with van der Waals surface area (Å²) in [7, 11) is 0. The van der Waals surface area contributed by atoms with Crippen LogP contribution in [-0.4, -0.2) is 24.8 Å². The van der Waals surface area contributed by atoms with Crippen molar-refractivity contribution in [2.75, 3.05) is 13.6 Å². The molecule has 6 nitrogen and oxygen atoms in total. The quantitative estimate of drug-likeness (QED) is 0.765. The zero-order valence-corrected chi connectivity index (χ0v) is 13.5. The fourth-order valence-corrected chi connectivity index (χ4v) is 4.61. The fourth-order valence-electron chi connectivity index (χ4n) is 4.61. The van der Waals surface area contributed by atoms with Crippen LogP contribution in [0, 0.1) is 0 Å². The van der Waals surface area contributed by atoms with E-state index in [0.29, 0.717) is 13.0 Å². The molecule has 0 spiro atoms. The third-order valence-electron chi connectivity index (χ3n) is 5.71. The zero-order chi connectivity index (χ0) is 16.5. The molecule has 0 fully saturated rings. The Kier molecular flexibility index (Phi) is 2.65. The molecule has 25 heavy (non-hydrogen) atoms. The number of benzene rings is 2. The molecule has 4 aliphatic rings. The second kappa shape index (κ2) is 4.80. The van der Waals surface area contributed by atoms with Crippen molar-refractivity contribution < 1.29 is 24.1 Å². The van der Waals surface area contributed by atoms with Crippen LogP contribution in [0.3, 0.4) is 0 Å². The summed E-state index contributed by atoms with van der Waals surface area (Å²) in [4.78, 5) is 0. The number of aliphatic hydroxyl groups excluding tert-OH is 1. The van der Waals surface area contributed by atoms with Gasteiger partial charge in [0.15, 0.2) is 23.0 Å². The van der Waals surface area contributed by atoms with Gasteiger partial charge in [-0.2, -0.15) is 0 Å². The van der Waals surface area contributed by atoms with E-state index in [9.17, 15) is 5.11 Å². The molecule has 3 heterocycles. The monoisotopic (exact) mass is 339 g/mol. The lowest BCUT2D eigenvalue weighted by Crippen LogP contribution is -2.42. The molecule has 0 unspecified atom stereocenters. The molecule has 0 amide bonds. The minimum absolute atomic E-state index is 0.0221. The number of fused-ring (bicyclic) bond motifs is 8. The van der Waals surface area contributed by atoms with Crippen LogP contribution in [0.25, 0.3) is 0 Å². The van der Waals surface area contributed by atoms with Crippen molar-refractivity contribution in [2.24, 2.45) is 0 Å². The number of hydrogen-bond acceptors (Lipinski definition) is 6. The number of hydrogen-bond donors (Lipinski definition) is 2. The third-order valence-corrected chi connectivity index (χ3v) is 5.71. The SMILES string of the molecule is O[C@H]1Cc2cc3c(cc2[C@H]2NCc4c(ccc5c4OCO5)[C@H]21)OCO3. The molecule has 0 aromatic heterocycles. The smallest absolute Gasteiger partial charge is 0.231 e. The lowest BCUT2D eigenvalue weighted by atomic mass is 9.71. The maximum absolute atomic E-state index is 10.9. The first-order valence-electron chi connectivity index (χ1n) is 8.55. The van der Waals surface area contributed by atoms with Crippen molar-refractivity contribution >= 4 is 0 Å². The van der Waals surface area contributed by atoms with Crippen LogP contribution < -0.4 is 24.3 Å². The molecule has 128 valence electrons. The molecule has 2 N–H and O–H groups in total. The van der Waals surface area contributed by atoms with Crippen LogP contribution >= 0.6 is 0 Å². The summed E-state index contributed by atoms with van der Waals surface area (Å²) in [5.41, 5.74) is 4.54.